The van der Waals surface area contributed by atoms with Gasteiger partial charge in [-0.2, -0.15) is 0 Å². The molecule has 0 saturated heterocycles. The average molecular weight is 223 g/mol. The molecule has 0 saturated carbocycles. The molecule has 0 bridgehead atoms. The second kappa shape index (κ2) is 4.53. The molecule has 1 unspecified atom stereocenters. The van der Waals surface area contributed by atoms with E-state index < -0.39 is 11.6 Å². The minimum atomic E-state index is -1.75. The number of carboxylic acids is 1. The van der Waals surface area contributed by atoms with Crippen LogP contribution in [0.15, 0.2) is 18.2 Å². The summed E-state index contributed by atoms with van der Waals surface area (Å²) in [6.07, 6.45) is 0. The van der Waals surface area contributed by atoms with Gasteiger partial charge < -0.3 is 15.5 Å². The van der Waals surface area contributed by atoms with Gasteiger partial charge in [-0.1, -0.05) is 6.07 Å². The van der Waals surface area contributed by atoms with Gasteiger partial charge in [-0.15, -0.1) is 0 Å². The molecule has 1 aromatic carbocycles. The van der Waals surface area contributed by atoms with E-state index in [2.05, 4.69) is 5.32 Å². The summed E-state index contributed by atoms with van der Waals surface area (Å²) in [6.45, 7) is 5.18. The van der Waals surface area contributed by atoms with Crippen molar-refractivity contribution >= 4 is 11.7 Å². The summed E-state index contributed by atoms with van der Waals surface area (Å²) in [5, 5.41) is 21.2. The van der Waals surface area contributed by atoms with Crippen molar-refractivity contribution in [2.45, 2.75) is 26.4 Å². The van der Waals surface area contributed by atoms with Gasteiger partial charge in [-0.05, 0) is 44.0 Å². The van der Waals surface area contributed by atoms with Crippen LogP contribution in [0.1, 0.15) is 18.1 Å². The number of hydrogen-bond donors (Lipinski definition) is 3. The fourth-order valence-corrected chi connectivity index (χ4v) is 1.43. The smallest absolute Gasteiger partial charge is 0.337 e. The van der Waals surface area contributed by atoms with Crippen LogP contribution in [0.4, 0.5) is 5.69 Å². The molecule has 0 radical (unpaired) electrons. The standard InChI is InChI=1S/C12H17NO3/c1-8-4-9(2)6-10(5-8)13-7-12(3,16)11(14)15/h4-6,13,16H,7H2,1-3H3,(H,14,15). The highest BCUT2D eigenvalue weighted by Gasteiger charge is 2.29. The number of aliphatic hydroxyl groups is 1. The summed E-state index contributed by atoms with van der Waals surface area (Å²) in [5.41, 5.74) is 1.26. The van der Waals surface area contributed by atoms with Gasteiger partial charge in [0.1, 0.15) is 0 Å². The molecule has 4 nitrogen and oxygen atoms in total. The Morgan fingerprint density at radius 3 is 2.25 bits per heavy atom. The van der Waals surface area contributed by atoms with E-state index in [9.17, 15) is 9.90 Å². The topological polar surface area (TPSA) is 69.6 Å². The predicted molar refractivity (Wildman–Crippen MR) is 62.7 cm³/mol. The molecular formula is C12H17NO3. The quantitative estimate of drug-likeness (QED) is 0.724. The lowest BCUT2D eigenvalue weighted by atomic mass is 10.1. The number of anilines is 1. The summed E-state index contributed by atoms with van der Waals surface area (Å²) in [5.74, 6) is -1.23. The van der Waals surface area contributed by atoms with Crippen molar-refractivity contribution in [3.8, 4) is 0 Å². The van der Waals surface area contributed by atoms with Crippen LogP contribution in [-0.4, -0.2) is 28.3 Å². The summed E-state index contributed by atoms with van der Waals surface area (Å²) >= 11 is 0. The molecule has 3 N–H and O–H groups in total. The maximum atomic E-state index is 10.7. The lowest BCUT2D eigenvalue weighted by Crippen LogP contribution is -2.41. The third-order valence-corrected chi connectivity index (χ3v) is 2.32. The van der Waals surface area contributed by atoms with Crippen LogP contribution in [0.3, 0.4) is 0 Å². The zero-order valence-corrected chi connectivity index (χ0v) is 9.74. The molecule has 0 amide bonds. The largest absolute Gasteiger partial charge is 0.479 e. The fourth-order valence-electron chi connectivity index (χ4n) is 1.43. The van der Waals surface area contributed by atoms with Crippen LogP contribution in [-0.2, 0) is 4.79 Å². The first-order valence-electron chi connectivity index (χ1n) is 5.09. The number of rotatable bonds is 4. The van der Waals surface area contributed by atoms with Gasteiger partial charge in [0, 0.05) is 5.69 Å². The lowest BCUT2D eigenvalue weighted by Gasteiger charge is -2.19. The Morgan fingerprint density at radius 2 is 1.81 bits per heavy atom. The highest BCUT2D eigenvalue weighted by atomic mass is 16.4. The van der Waals surface area contributed by atoms with E-state index in [0.29, 0.717) is 0 Å². The third-order valence-electron chi connectivity index (χ3n) is 2.32. The molecule has 1 rings (SSSR count). The van der Waals surface area contributed by atoms with Crippen molar-refractivity contribution in [2.24, 2.45) is 0 Å². The van der Waals surface area contributed by atoms with Crippen LogP contribution in [0, 0.1) is 13.8 Å². The number of benzene rings is 1. The Morgan fingerprint density at radius 1 is 1.31 bits per heavy atom. The normalized spacial score (nSPS) is 14.2. The third kappa shape index (κ3) is 3.24. The van der Waals surface area contributed by atoms with Gasteiger partial charge in [0.15, 0.2) is 5.60 Å². The van der Waals surface area contributed by atoms with Gasteiger partial charge in [0.2, 0.25) is 0 Å². The molecule has 16 heavy (non-hydrogen) atoms. The minimum absolute atomic E-state index is 0.0226. The SMILES string of the molecule is Cc1cc(C)cc(NCC(C)(O)C(=O)O)c1. The first kappa shape index (κ1) is 12.5. The first-order chi connectivity index (χ1) is 7.31. The predicted octanol–water partition coefficient (Wildman–Crippen LogP) is 1.55. The molecule has 0 aliphatic heterocycles. The summed E-state index contributed by atoms with van der Waals surface area (Å²) in [7, 11) is 0. The second-order valence-electron chi connectivity index (χ2n) is 4.31. The van der Waals surface area contributed by atoms with Crippen molar-refractivity contribution < 1.29 is 15.0 Å². The van der Waals surface area contributed by atoms with Crippen LogP contribution < -0.4 is 5.32 Å². The second-order valence-corrected chi connectivity index (χ2v) is 4.31. The number of carboxylic acid groups (broad SMARTS) is 1. The number of nitrogens with one attached hydrogen (secondary N) is 1. The highest BCUT2D eigenvalue weighted by molar-refractivity contribution is 5.77. The molecule has 1 atom stereocenters. The van der Waals surface area contributed by atoms with E-state index >= 15 is 0 Å². The number of hydrogen-bond acceptors (Lipinski definition) is 3. The monoisotopic (exact) mass is 223 g/mol. The van der Waals surface area contributed by atoms with E-state index in [1.165, 1.54) is 6.92 Å². The molecule has 0 aliphatic rings. The van der Waals surface area contributed by atoms with Crippen LogP contribution in [0.25, 0.3) is 0 Å². The van der Waals surface area contributed by atoms with Gasteiger partial charge in [0.05, 0.1) is 6.54 Å². The van der Waals surface area contributed by atoms with Crippen LogP contribution in [0.5, 0.6) is 0 Å². The van der Waals surface area contributed by atoms with E-state index in [-0.39, 0.29) is 6.54 Å². The number of carbonyl (C=O) groups is 1. The van der Waals surface area contributed by atoms with Gasteiger partial charge in [0.25, 0.3) is 0 Å². The molecule has 0 heterocycles. The van der Waals surface area contributed by atoms with E-state index in [1.807, 2.05) is 32.0 Å². The molecule has 4 heteroatoms. The maximum Gasteiger partial charge on any atom is 0.337 e. The van der Waals surface area contributed by atoms with Gasteiger partial charge in [-0.25, -0.2) is 4.79 Å². The molecule has 0 aliphatic carbocycles. The Labute approximate surface area is 94.9 Å². The Balaban J connectivity index is 2.71. The molecule has 88 valence electrons. The summed E-state index contributed by atoms with van der Waals surface area (Å²) < 4.78 is 0. The van der Waals surface area contributed by atoms with Crippen molar-refractivity contribution in [2.75, 3.05) is 11.9 Å². The fraction of sp³-hybridized carbons (Fsp3) is 0.417. The molecule has 1 aromatic rings. The molecule has 0 spiro atoms. The number of aliphatic carboxylic acids is 1. The minimum Gasteiger partial charge on any atom is -0.479 e. The molecular weight excluding hydrogens is 206 g/mol. The van der Waals surface area contributed by atoms with Crippen molar-refractivity contribution in [3.63, 3.8) is 0 Å². The summed E-state index contributed by atoms with van der Waals surface area (Å²) in [6, 6.07) is 5.84. The molecule has 0 fully saturated rings. The highest BCUT2D eigenvalue weighted by Crippen LogP contribution is 2.15. The maximum absolute atomic E-state index is 10.7. The average Bonchev–Trinajstić information content (AvgIpc) is 2.13. The van der Waals surface area contributed by atoms with E-state index in [0.717, 1.165) is 16.8 Å². The Hall–Kier alpha value is -1.55. The van der Waals surface area contributed by atoms with Gasteiger partial charge in [-0.3, -0.25) is 0 Å². The first-order valence-corrected chi connectivity index (χ1v) is 5.09. The van der Waals surface area contributed by atoms with Crippen molar-refractivity contribution in [1.29, 1.82) is 0 Å². The Kier molecular flexibility index (Phi) is 3.55. The lowest BCUT2D eigenvalue weighted by molar-refractivity contribution is -0.155. The Bertz CT molecular complexity index is 379. The number of aryl methyl sites for hydroxylation is 2. The zero-order valence-electron chi connectivity index (χ0n) is 9.74. The van der Waals surface area contributed by atoms with E-state index in [4.69, 9.17) is 5.11 Å². The van der Waals surface area contributed by atoms with Crippen molar-refractivity contribution in [1.82, 2.24) is 0 Å². The summed E-state index contributed by atoms with van der Waals surface area (Å²) in [4.78, 5) is 10.7. The molecule has 0 aromatic heterocycles. The van der Waals surface area contributed by atoms with Crippen LogP contribution >= 0.6 is 0 Å². The van der Waals surface area contributed by atoms with Crippen LogP contribution in [0.2, 0.25) is 0 Å². The zero-order chi connectivity index (χ0) is 12.3. The van der Waals surface area contributed by atoms with Gasteiger partial charge >= 0.3 is 5.97 Å². The van der Waals surface area contributed by atoms with E-state index in [1.54, 1.807) is 0 Å². The van der Waals surface area contributed by atoms with Crippen molar-refractivity contribution in [3.05, 3.63) is 29.3 Å².